The summed E-state index contributed by atoms with van der Waals surface area (Å²) in [6.45, 7) is 11.9. The van der Waals surface area contributed by atoms with Gasteiger partial charge in [-0.25, -0.2) is 9.78 Å². The molecule has 15 heteroatoms. The van der Waals surface area contributed by atoms with Crippen molar-refractivity contribution >= 4 is 29.2 Å². The summed E-state index contributed by atoms with van der Waals surface area (Å²) in [6, 6.07) is 5.51. The van der Waals surface area contributed by atoms with Crippen LogP contribution in [0.3, 0.4) is 0 Å². The fourth-order valence-corrected chi connectivity index (χ4v) is 5.25. The highest BCUT2D eigenvalue weighted by molar-refractivity contribution is 6.06. The summed E-state index contributed by atoms with van der Waals surface area (Å²) in [4.78, 5) is 43.4. The zero-order chi connectivity index (χ0) is 35.5. The van der Waals surface area contributed by atoms with Gasteiger partial charge in [0.05, 0.1) is 31.5 Å². The van der Waals surface area contributed by atoms with E-state index in [1.54, 1.807) is 18.1 Å². The molecule has 0 radical (unpaired) electrons. The second-order valence-corrected chi connectivity index (χ2v) is 12.6. The Labute approximate surface area is 271 Å². The number of aromatic nitrogens is 1. The summed E-state index contributed by atoms with van der Waals surface area (Å²) >= 11 is 0. The van der Waals surface area contributed by atoms with E-state index in [2.05, 4.69) is 36.0 Å². The van der Waals surface area contributed by atoms with Gasteiger partial charge in [0, 0.05) is 43.4 Å². The minimum Gasteiger partial charge on any atom is -0.494 e. The molecule has 4 N–H and O–H groups in total. The van der Waals surface area contributed by atoms with Crippen LogP contribution in [-0.4, -0.2) is 95.8 Å². The van der Waals surface area contributed by atoms with E-state index in [0.717, 1.165) is 22.6 Å². The number of aliphatic hydroxyl groups is 1. The number of Topliss-reactive ketones (excluding diaryl/α,β-unsaturated/α-hetero) is 1. The van der Waals surface area contributed by atoms with Crippen LogP contribution in [0.2, 0.25) is 0 Å². The molecule has 0 saturated carbocycles. The van der Waals surface area contributed by atoms with Gasteiger partial charge in [-0.05, 0) is 50.3 Å². The molecule has 4 rings (SSSR count). The summed E-state index contributed by atoms with van der Waals surface area (Å²) in [7, 11) is 3.17. The van der Waals surface area contributed by atoms with Crippen molar-refractivity contribution in [1.29, 1.82) is 5.41 Å². The number of amides is 1. The fourth-order valence-electron chi connectivity index (χ4n) is 5.25. The first-order valence-electron chi connectivity index (χ1n) is 15.0. The van der Waals surface area contributed by atoms with Gasteiger partial charge in [0.15, 0.2) is 17.2 Å². The van der Waals surface area contributed by atoms with Gasteiger partial charge in [-0.2, -0.15) is 13.2 Å². The Morgan fingerprint density at radius 2 is 1.72 bits per heavy atom. The molecule has 2 aliphatic heterocycles. The lowest BCUT2D eigenvalue weighted by Gasteiger charge is -2.38. The maximum Gasteiger partial charge on any atom is 0.490 e. The molecule has 258 valence electrons. The number of fused-ring (bicyclic) bond motifs is 1. The standard InChI is InChI=1S/C30H41N5O5.C2HF3O2/c1-8-40-23-15-19-16-35(27(31)24(19)33-25(23)28(37)32-6)17-22(36)18-13-20(29(2,3)4)26(39-7)21(14-18)34-11-9-30(5,38)10-12-34;3-2(4,5)1(6)7/h13-15,31,38H,8-12,16-17H2,1-7H3,(H,32,37);(H,6,7). The minimum atomic E-state index is -5.08. The molecule has 1 aromatic carbocycles. The van der Waals surface area contributed by atoms with E-state index < -0.39 is 23.7 Å². The zero-order valence-corrected chi connectivity index (χ0v) is 27.6. The van der Waals surface area contributed by atoms with Gasteiger partial charge in [0.2, 0.25) is 0 Å². The third kappa shape index (κ3) is 8.70. The smallest absolute Gasteiger partial charge is 0.490 e. The lowest BCUT2D eigenvalue weighted by molar-refractivity contribution is -0.192. The van der Waals surface area contributed by atoms with Gasteiger partial charge in [-0.3, -0.25) is 15.0 Å². The summed E-state index contributed by atoms with van der Waals surface area (Å²) in [5.74, 6) is -2.09. The Morgan fingerprint density at radius 1 is 1.13 bits per heavy atom. The molecule has 47 heavy (non-hydrogen) atoms. The first kappa shape index (κ1) is 37.1. The van der Waals surface area contributed by atoms with E-state index in [1.165, 1.54) is 7.05 Å². The molecule has 1 amide bonds. The Balaban J connectivity index is 0.000000771. The van der Waals surface area contributed by atoms with E-state index in [1.807, 2.05) is 26.0 Å². The number of methoxy groups -OCH3 is 1. The molecule has 1 saturated heterocycles. The summed E-state index contributed by atoms with van der Waals surface area (Å²) in [5, 5.41) is 28.9. The number of benzene rings is 1. The van der Waals surface area contributed by atoms with Crippen LogP contribution in [0.4, 0.5) is 18.9 Å². The molecule has 0 atom stereocenters. The van der Waals surface area contributed by atoms with Crippen molar-refractivity contribution < 1.29 is 47.2 Å². The number of carboxylic acids is 1. The molecule has 1 fully saturated rings. The fraction of sp³-hybridized carbons (Fsp3) is 0.531. The Bertz CT molecular complexity index is 1530. The number of piperidine rings is 1. The van der Waals surface area contributed by atoms with Crippen molar-refractivity contribution in [2.45, 2.75) is 71.2 Å². The third-order valence-electron chi connectivity index (χ3n) is 7.87. The van der Waals surface area contributed by atoms with E-state index in [9.17, 15) is 27.9 Å². The number of carboxylic acid groups (broad SMARTS) is 1. The average molecular weight is 666 g/mol. The van der Waals surface area contributed by atoms with E-state index in [0.29, 0.717) is 56.1 Å². The number of carbonyl (C=O) groups excluding carboxylic acids is 2. The number of nitrogens with zero attached hydrogens (tertiary/aromatic N) is 3. The second kappa shape index (κ2) is 14.2. The molecular weight excluding hydrogens is 623 g/mol. The van der Waals surface area contributed by atoms with Gasteiger partial charge in [-0.1, -0.05) is 20.8 Å². The van der Waals surface area contributed by atoms with Crippen LogP contribution >= 0.6 is 0 Å². The van der Waals surface area contributed by atoms with E-state index >= 15 is 0 Å². The Kier molecular flexibility index (Phi) is 11.2. The highest BCUT2D eigenvalue weighted by atomic mass is 19.4. The Hall–Kier alpha value is -4.40. The first-order chi connectivity index (χ1) is 21.7. The number of anilines is 1. The summed E-state index contributed by atoms with van der Waals surface area (Å²) < 4.78 is 43.3. The van der Waals surface area contributed by atoms with Gasteiger partial charge < -0.3 is 34.8 Å². The molecule has 2 aliphatic rings. The Morgan fingerprint density at radius 3 is 2.21 bits per heavy atom. The van der Waals surface area contributed by atoms with Crippen molar-refractivity contribution in [2.24, 2.45) is 0 Å². The van der Waals surface area contributed by atoms with Crippen LogP contribution in [0.15, 0.2) is 18.2 Å². The first-order valence-corrected chi connectivity index (χ1v) is 15.0. The van der Waals surface area contributed by atoms with Crippen molar-refractivity contribution in [1.82, 2.24) is 15.2 Å². The molecule has 1 aromatic heterocycles. The number of nitrogens with one attached hydrogen (secondary N) is 2. The molecule has 0 spiro atoms. The molecular formula is C32H42F3N5O7. The number of alkyl halides is 3. The number of aliphatic carboxylic acids is 1. The zero-order valence-electron chi connectivity index (χ0n) is 27.6. The predicted molar refractivity (Wildman–Crippen MR) is 168 cm³/mol. The number of ketones is 1. The van der Waals surface area contributed by atoms with Crippen LogP contribution < -0.4 is 19.7 Å². The number of halogens is 3. The van der Waals surface area contributed by atoms with Crippen molar-refractivity contribution in [3.8, 4) is 11.5 Å². The normalized spacial score (nSPS) is 15.8. The third-order valence-corrected chi connectivity index (χ3v) is 7.87. The van der Waals surface area contributed by atoms with Gasteiger partial charge in [0.25, 0.3) is 5.91 Å². The van der Waals surface area contributed by atoms with Gasteiger partial charge in [0.1, 0.15) is 17.3 Å². The number of pyridine rings is 1. The second-order valence-electron chi connectivity index (χ2n) is 12.6. The van der Waals surface area contributed by atoms with Crippen LogP contribution in [0.1, 0.15) is 85.1 Å². The molecule has 0 bridgehead atoms. The van der Waals surface area contributed by atoms with E-state index in [4.69, 9.17) is 24.8 Å². The monoisotopic (exact) mass is 665 g/mol. The van der Waals surface area contributed by atoms with E-state index in [-0.39, 0.29) is 29.3 Å². The van der Waals surface area contributed by atoms with Crippen molar-refractivity contribution in [2.75, 3.05) is 45.3 Å². The number of carbonyl (C=O) groups is 3. The highest BCUT2D eigenvalue weighted by Gasteiger charge is 2.38. The molecule has 2 aromatic rings. The van der Waals surface area contributed by atoms with Crippen LogP contribution in [-0.2, 0) is 16.8 Å². The number of amidine groups is 1. The highest BCUT2D eigenvalue weighted by Crippen LogP contribution is 2.42. The number of rotatable bonds is 8. The SMILES string of the molecule is CCOc1cc2c(nc1C(=O)NC)C(=N)N(CC(=O)c1cc(N3CCC(C)(O)CC3)c(OC)c(C(C)(C)C)c1)C2.O=C(O)C(F)(F)F. The molecule has 0 unspecified atom stereocenters. The lowest BCUT2D eigenvalue weighted by atomic mass is 9.83. The number of ether oxygens (including phenoxy) is 2. The molecule has 12 nitrogen and oxygen atoms in total. The average Bonchev–Trinajstić information content (AvgIpc) is 3.28. The molecule has 0 aliphatic carbocycles. The van der Waals surface area contributed by atoms with Gasteiger partial charge in [-0.15, -0.1) is 0 Å². The van der Waals surface area contributed by atoms with Crippen molar-refractivity contribution in [3.63, 3.8) is 0 Å². The topological polar surface area (TPSA) is 165 Å². The molecule has 3 heterocycles. The van der Waals surface area contributed by atoms with Crippen molar-refractivity contribution in [3.05, 3.63) is 46.3 Å². The predicted octanol–water partition coefficient (Wildman–Crippen LogP) is 4.15. The summed E-state index contributed by atoms with van der Waals surface area (Å²) in [6.07, 6.45) is -3.84. The lowest BCUT2D eigenvalue weighted by Crippen LogP contribution is -2.42. The number of hydrogen-bond donors (Lipinski definition) is 4. The maximum atomic E-state index is 13.8. The van der Waals surface area contributed by atoms with Crippen LogP contribution in [0.25, 0.3) is 0 Å². The van der Waals surface area contributed by atoms with Gasteiger partial charge >= 0.3 is 12.1 Å². The summed E-state index contributed by atoms with van der Waals surface area (Å²) in [5.41, 5.74) is 2.54. The number of hydrogen-bond acceptors (Lipinski definition) is 9. The maximum absolute atomic E-state index is 13.8. The largest absolute Gasteiger partial charge is 0.494 e. The van der Waals surface area contributed by atoms with Crippen LogP contribution in [0, 0.1) is 5.41 Å². The minimum absolute atomic E-state index is 0.0153. The quantitative estimate of drug-likeness (QED) is 0.301. The van der Waals surface area contributed by atoms with Crippen LogP contribution in [0.5, 0.6) is 11.5 Å².